The summed E-state index contributed by atoms with van der Waals surface area (Å²) < 4.78 is 29.6. The predicted molar refractivity (Wildman–Crippen MR) is 124 cm³/mol. The fraction of sp³-hybridized carbons (Fsp3) is 0.571. The summed E-state index contributed by atoms with van der Waals surface area (Å²) in [5.74, 6) is -0.251. The summed E-state index contributed by atoms with van der Waals surface area (Å²) in [5, 5.41) is 2.91. The first-order valence-electron chi connectivity index (χ1n) is 10.2. The maximum atomic E-state index is 12.5. The fourth-order valence-corrected chi connectivity index (χ4v) is 7.52. The van der Waals surface area contributed by atoms with Crippen LogP contribution in [0.1, 0.15) is 38.3 Å². The summed E-state index contributed by atoms with van der Waals surface area (Å²) in [6.07, 6.45) is -0.558. The number of benzene rings is 1. The normalized spacial score (nSPS) is 23.6. The topological polar surface area (TPSA) is 105 Å². The minimum Gasteiger partial charge on any atom is -0.444 e. The summed E-state index contributed by atoms with van der Waals surface area (Å²) >= 11 is 1.34. The number of carbonyl (C=O) groups is 2. The molecular formula is C21H29N3O5S2. The van der Waals surface area contributed by atoms with Crippen LogP contribution in [0.15, 0.2) is 23.2 Å². The number of thioether (sulfide) groups is 1. The van der Waals surface area contributed by atoms with Gasteiger partial charge < -0.3 is 15.0 Å². The summed E-state index contributed by atoms with van der Waals surface area (Å²) in [5.41, 5.74) is 2.37. The van der Waals surface area contributed by atoms with Gasteiger partial charge in [0, 0.05) is 23.9 Å². The van der Waals surface area contributed by atoms with E-state index in [0.717, 1.165) is 16.8 Å². The Balaban J connectivity index is 1.76. The monoisotopic (exact) mass is 467 g/mol. The third kappa shape index (κ3) is 5.79. The van der Waals surface area contributed by atoms with Gasteiger partial charge in [-0.15, -0.1) is 0 Å². The Bertz CT molecular complexity index is 1010. The number of ether oxygens (including phenoxy) is 1. The molecule has 0 radical (unpaired) electrons. The molecule has 2 atom stereocenters. The number of sulfone groups is 1. The molecule has 0 aliphatic carbocycles. The van der Waals surface area contributed by atoms with Gasteiger partial charge in [0.15, 0.2) is 15.0 Å². The zero-order valence-corrected chi connectivity index (χ0v) is 20.1. The number of nitrogens with one attached hydrogen (secondary N) is 1. The van der Waals surface area contributed by atoms with Crippen molar-refractivity contribution in [3.63, 3.8) is 0 Å². The Morgan fingerprint density at radius 2 is 1.97 bits per heavy atom. The van der Waals surface area contributed by atoms with Crippen LogP contribution in [0, 0.1) is 13.8 Å². The van der Waals surface area contributed by atoms with Crippen LogP contribution in [0.2, 0.25) is 0 Å². The third-order valence-corrected chi connectivity index (χ3v) is 8.34. The van der Waals surface area contributed by atoms with E-state index in [2.05, 4.69) is 10.3 Å². The van der Waals surface area contributed by atoms with Crippen LogP contribution < -0.4 is 10.2 Å². The van der Waals surface area contributed by atoms with Crippen molar-refractivity contribution in [3.05, 3.63) is 29.3 Å². The molecule has 1 N–H and O–H groups in total. The molecule has 2 amide bonds. The SMILES string of the molecule is Cc1cccc(N2C(=NC(=O)CCNC(=O)OC(C)(C)C)S[C@H]3CS(=O)(=O)C[C@H]32)c1C. The van der Waals surface area contributed by atoms with Gasteiger partial charge in [0.1, 0.15) is 5.60 Å². The van der Waals surface area contributed by atoms with Crippen molar-refractivity contribution in [1.29, 1.82) is 0 Å². The number of rotatable bonds is 4. The molecule has 0 bridgehead atoms. The lowest BCUT2D eigenvalue weighted by molar-refractivity contribution is -0.117. The average molecular weight is 468 g/mol. The molecular weight excluding hydrogens is 438 g/mol. The highest BCUT2D eigenvalue weighted by Crippen LogP contribution is 2.42. The lowest BCUT2D eigenvalue weighted by Gasteiger charge is -2.26. The minimum atomic E-state index is -3.12. The van der Waals surface area contributed by atoms with Gasteiger partial charge in [0.2, 0.25) is 5.91 Å². The zero-order chi connectivity index (χ0) is 23.0. The Labute approximate surface area is 187 Å². The van der Waals surface area contributed by atoms with E-state index in [9.17, 15) is 18.0 Å². The summed E-state index contributed by atoms with van der Waals surface area (Å²) in [6.45, 7) is 9.38. The molecule has 10 heteroatoms. The van der Waals surface area contributed by atoms with Gasteiger partial charge in [-0.2, -0.15) is 4.99 Å². The van der Waals surface area contributed by atoms with Crippen molar-refractivity contribution in [2.75, 3.05) is 23.0 Å². The summed E-state index contributed by atoms with van der Waals surface area (Å²) in [6, 6.07) is 5.60. The second-order valence-electron chi connectivity index (χ2n) is 8.86. The van der Waals surface area contributed by atoms with Gasteiger partial charge in [-0.1, -0.05) is 23.9 Å². The maximum absolute atomic E-state index is 12.5. The van der Waals surface area contributed by atoms with E-state index in [0.29, 0.717) is 5.17 Å². The molecule has 2 heterocycles. The van der Waals surface area contributed by atoms with E-state index >= 15 is 0 Å². The van der Waals surface area contributed by atoms with Crippen LogP contribution in [0.25, 0.3) is 0 Å². The van der Waals surface area contributed by atoms with Crippen molar-refractivity contribution in [2.45, 2.75) is 57.9 Å². The molecule has 31 heavy (non-hydrogen) atoms. The fourth-order valence-electron chi connectivity index (χ4n) is 3.59. The number of amidine groups is 1. The first-order valence-corrected chi connectivity index (χ1v) is 12.9. The molecule has 0 spiro atoms. The number of aryl methyl sites for hydroxylation is 1. The number of nitrogens with zero attached hydrogens (tertiary/aromatic N) is 2. The Hall–Kier alpha value is -2.07. The third-order valence-electron chi connectivity index (χ3n) is 5.13. The number of fused-ring (bicyclic) bond motifs is 1. The van der Waals surface area contributed by atoms with Crippen LogP contribution >= 0.6 is 11.8 Å². The van der Waals surface area contributed by atoms with Gasteiger partial charge in [-0.05, 0) is 51.8 Å². The minimum absolute atomic E-state index is 0.0254. The largest absolute Gasteiger partial charge is 0.444 e. The van der Waals surface area contributed by atoms with E-state index in [-0.39, 0.29) is 41.7 Å². The van der Waals surface area contributed by atoms with Gasteiger partial charge in [0.25, 0.3) is 0 Å². The van der Waals surface area contributed by atoms with Crippen molar-refractivity contribution in [2.24, 2.45) is 4.99 Å². The Kier molecular flexibility index (Phi) is 6.71. The lowest BCUT2D eigenvalue weighted by Crippen LogP contribution is -2.38. The second kappa shape index (κ2) is 8.82. The van der Waals surface area contributed by atoms with Crippen LogP contribution in [0.4, 0.5) is 10.5 Å². The van der Waals surface area contributed by atoms with E-state index in [1.165, 1.54) is 11.8 Å². The molecule has 0 unspecified atom stereocenters. The average Bonchev–Trinajstić information content (AvgIpc) is 3.07. The molecule has 2 fully saturated rings. The number of alkyl carbamates (subject to hydrolysis) is 1. The highest BCUT2D eigenvalue weighted by atomic mass is 32.2. The molecule has 1 aromatic carbocycles. The van der Waals surface area contributed by atoms with Gasteiger partial charge in [0.05, 0.1) is 17.5 Å². The zero-order valence-electron chi connectivity index (χ0n) is 18.5. The Morgan fingerprint density at radius 3 is 2.65 bits per heavy atom. The first kappa shape index (κ1) is 23.6. The molecule has 3 rings (SSSR count). The van der Waals surface area contributed by atoms with Crippen LogP contribution in [-0.2, 0) is 19.4 Å². The number of hydrogen-bond donors (Lipinski definition) is 1. The first-order chi connectivity index (χ1) is 14.4. The van der Waals surface area contributed by atoms with Crippen molar-refractivity contribution in [1.82, 2.24) is 5.32 Å². The highest BCUT2D eigenvalue weighted by Gasteiger charge is 2.49. The number of anilines is 1. The van der Waals surface area contributed by atoms with E-state index in [1.54, 1.807) is 20.8 Å². The van der Waals surface area contributed by atoms with Gasteiger partial charge in [-0.25, -0.2) is 13.2 Å². The molecule has 2 aliphatic heterocycles. The maximum Gasteiger partial charge on any atom is 0.407 e. The summed E-state index contributed by atoms with van der Waals surface area (Å²) in [7, 11) is -3.12. The van der Waals surface area contributed by atoms with Gasteiger partial charge in [-0.3, -0.25) is 4.79 Å². The van der Waals surface area contributed by atoms with E-state index in [1.807, 2.05) is 36.9 Å². The smallest absolute Gasteiger partial charge is 0.407 e. The second-order valence-corrected chi connectivity index (χ2v) is 12.2. The molecule has 0 saturated carbocycles. The number of hydrogen-bond acceptors (Lipinski definition) is 6. The van der Waals surface area contributed by atoms with Crippen LogP contribution in [0.3, 0.4) is 0 Å². The lowest BCUT2D eigenvalue weighted by atomic mass is 10.1. The number of carbonyl (C=O) groups excluding carboxylic acids is 2. The molecule has 0 aromatic heterocycles. The standard InChI is InChI=1S/C21H29N3O5S2/c1-13-7-6-8-15(14(13)2)24-16-11-31(27,28)12-17(16)30-19(24)23-18(25)9-10-22-20(26)29-21(3,4)5/h6-8,16-17H,9-12H2,1-5H3,(H,22,26)/t16-,17+/m1/s1. The number of amides is 2. The summed E-state index contributed by atoms with van der Waals surface area (Å²) in [4.78, 5) is 30.4. The van der Waals surface area contributed by atoms with Crippen molar-refractivity contribution >= 4 is 44.5 Å². The molecule has 2 aliphatic rings. The van der Waals surface area contributed by atoms with E-state index in [4.69, 9.17) is 4.74 Å². The van der Waals surface area contributed by atoms with Crippen LogP contribution in [-0.4, -0.2) is 60.5 Å². The molecule has 2 saturated heterocycles. The van der Waals surface area contributed by atoms with Crippen molar-refractivity contribution < 1.29 is 22.7 Å². The molecule has 170 valence electrons. The molecule has 1 aromatic rings. The van der Waals surface area contributed by atoms with Gasteiger partial charge >= 0.3 is 6.09 Å². The van der Waals surface area contributed by atoms with Crippen molar-refractivity contribution in [3.8, 4) is 0 Å². The number of aliphatic imine (C=N–C) groups is 1. The van der Waals surface area contributed by atoms with E-state index < -0.39 is 21.5 Å². The predicted octanol–water partition coefficient (Wildman–Crippen LogP) is 2.82. The highest BCUT2D eigenvalue weighted by molar-refractivity contribution is 8.16. The quantitative estimate of drug-likeness (QED) is 0.726. The molecule has 8 nitrogen and oxygen atoms in total. The Morgan fingerprint density at radius 1 is 1.26 bits per heavy atom. The van der Waals surface area contributed by atoms with Crippen LogP contribution in [0.5, 0.6) is 0 Å².